The molecule has 6 heteroatoms. The topological polar surface area (TPSA) is 41.1 Å². The van der Waals surface area contributed by atoms with Gasteiger partial charge >= 0.3 is 0 Å². The number of carbonyl (C=O) groups is 1. The molecule has 1 atom stereocenters. The second-order valence-electron chi connectivity index (χ2n) is 5.29. The number of carbonyl (C=O) groups excluding carboxylic acids is 1. The van der Waals surface area contributed by atoms with Crippen molar-refractivity contribution in [2.24, 2.45) is 0 Å². The second-order valence-corrected chi connectivity index (χ2v) is 6.14. The van der Waals surface area contributed by atoms with Crippen LogP contribution < -0.4 is 10.6 Å². The fraction of sp³-hybridized carbons (Fsp3) is 0.235. The van der Waals surface area contributed by atoms with Crippen molar-refractivity contribution in [3.63, 3.8) is 0 Å². The summed E-state index contributed by atoms with van der Waals surface area (Å²) in [6, 6.07) is 8.95. The van der Waals surface area contributed by atoms with Crippen molar-refractivity contribution in [3.8, 4) is 0 Å². The van der Waals surface area contributed by atoms with Crippen LogP contribution in [0, 0.1) is 18.6 Å². The summed E-state index contributed by atoms with van der Waals surface area (Å²) in [6.07, 6.45) is 0. The first-order chi connectivity index (χ1) is 10.9. The predicted molar refractivity (Wildman–Crippen MR) is 90.3 cm³/mol. The molecule has 0 saturated carbocycles. The largest absolute Gasteiger partial charge is 0.325 e. The fourth-order valence-corrected chi connectivity index (χ4v) is 2.32. The number of aryl methyl sites for hydroxylation is 1. The Balaban J connectivity index is 1.90. The predicted octanol–water partition coefficient (Wildman–Crippen LogP) is 4.33. The first-order valence-electron chi connectivity index (χ1n) is 7.11. The van der Waals surface area contributed by atoms with E-state index in [0.29, 0.717) is 11.3 Å². The van der Waals surface area contributed by atoms with Crippen LogP contribution in [-0.2, 0) is 4.79 Å². The van der Waals surface area contributed by atoms with Gasteiger partial charge in [0.25, 0.3) is 0 Å². The fourth-order valence-electron chi connectivity index (χ4n) is 2.07. The minimum atomic E-state index is -0.897. The lowest BCUT2D eigenvalue weighted by atomic mass is 10.1. The number of nitrogens with one attached hydrogen (secondary N) is 2. The molecule has 0 fully saturated rings. The third-order valence-electron chi connectivity index (χ3n) is 3.45. The zero-order valence-electron chi connectivity index (χ0n) is 12.8. The van der Waals surface area contributed by atoms with Gasteiger partial charge in [0, 0.05) is 16.2 Å². The number of anilines is 1. The molecule has 0 radical (unpaired) electrons. The van der Waals surface area contributed by atoms with E-state index in [2.05, 4.69) is 26.6 Å². The van der Waals surface area contributed by atoms with E-state index in [9.17, 15) is 13.6 Å². The Bertz CT molecular complexity index is 722. The van der Waals surface area contributed by atoms with Crippen molar-refractivity contribution in [3.05, 3.63) is 63.6 Å². The third kappa shape index (κ3) is 4.84. The molecule has 0 aliphatic rings. The summed E-state index contributed by atoms with van der Waals surface area (Å²) in [5.41, 5.74) is 2.31. The molecule has 0 heterocycles. The standard InChI is InChI=1S/C17H17BrF2N2O/c1-10-7-13(4-5-14(10)18)22-17(23)9-21-11(2)12-3-6-15(19)16(20)8-12/h3-8,11,21H,9H2,1-2H3,(H,22,23)/t11-/m1/s1. The molecule has 0 aliphatic carbocycles. The molecule has 122 valence electrons. The van der Waals surface area contributed by atoms with Crippen molar-refractivity contribution in [2.75, 3.05) is 11.9 Å². The highest BCUT2D eigenvalue weighted by Gasteiger charge is 2.11. The van der Waals surface area contributed by atoms with Gasteiger partial charge in [-0.1, -0.05) is 22.0 Å². The molecule has 1 amide bonds. The van der Waals surface area contributed by atoms with Crippen LogP contribution in [0.15, 0.2) is 40.9 Å². The molecular formula is C17H17BrF2N2O. The van der Waals surface area contributed by atoms with Gasteiger partial charge < -0.3 is 10.6 Å². The molecule has 0 bridgehead atoms. The smallest absolute Gasteiger partial charge is 0.238 e. The Morgan fingerprint density at radius 3 is 2.57 bits per heavy atom. The average Bonchev–Trinajstić information content (AvgIpc) is 2.51. The first-order valence-corrected chi connectivity index (χ1v) is 7.90. The van der Waals surface area contributed by atoms with E-state index in [1.54, 1.807) is 13.0 Å². The maximum atomic E-state index is 13.2. The number of halogens is 3. The summed E-state index contributed by atoms with van der Waals surface area (Å²) >= 11 is 3.40. The summed E-state index contributed by atoms with van der Waals surface area (Å²) in [7, 11) is 0. The van der Waals surface area contributed by atoms with Crippen molar-refractivity contribution < 1.29 is 13.6 Å². The van der Waals surface area contributed by atoms with Gasteiger partial charge in [0.15, 0.2) is 11.6 Å². The lowest BCUT2D eigenvalue weighted by Crippen LogP contribution is -2.30. The Morgan fingerprint density at radius 2 is 1.91 bits per heavy atom. The molecule has 0 aliphatic heterocycles. The van der Waals surface area contributed by atoms with Crippen molar-refractivity contribution in [1.29, 1.82) is 0 Å². The summed E-state index contributed by atoms with van der Waals surface area (Å²) in [5.74, 6) is -1.99. The van der Waals surface area contributed by atoms with Crippen LogP contribution in [0.4, 0.5) is 14.5 Å². The van der Waals surface area contributed by atoms with Gasteiger partial charge in [-0.25, -0.2) is 8.78 Å². The quantitative estimate of drug-likeness (QED) is 0.807. The highest BCUT2D eigenvalue weighted by molar-refractivity contribution is 9.10. The minimum absolute atomic E-state index is 0.0648. The van der Waals surface area contributed by atoms with Crippen molar-refractivity contribution in [1.82, 2.24) is 5.32 Å². The normalized spacial score (nSPS) is 12.0. The van der Waals surface area contributed by atoms with Crippen LogP contribution >= 0.6 is 15.9 Å². The summed E-state index contributed by atoms with van der Waals surface area (Å²) in [5, 5.41) is 5.76. The number of rotatable bonds is 5. The zero-order chi connectivity index (χ0) is 17.0. The van der Waals surface area contributed by atoms with Gasteiger partial charge in [-0.05, 0) is 55.3 Å². The van der Waals surface area contributed by atoms with E-state index in [1.165, 1.54) is 6.07 Å². The van der Waals surface area contributed by atoms with Gasteiger partial charge in [0.2, 0.25) is 5.91 Å². The summed E-state index contributed by atoms with van der Waals surface area (Å²) < 4.78 is 27.1. The molecule has 2 aromatic rings. The van der Waals surface area contributed by atoms with Crippen LogP contribution in [0.1, 0.15) is 24.1 Å². The van der Waals surface area contributed by atoms with Crippen LogP contribution in [0.2, 0.25) is 0 Å². The molecule has 3 nitrogen and oxygen atoms in total. The first kappa shape index (κ1) is 17.6. The van der Waals surface area contributed by atoms with Crippen molar-refractivity contribution in [2.45, 2.75) is 19.9 Å². The monoisotopic (exact) mass is 382 g/mol. The molecule has 0 unspecified atom stereocenters. The van der Waals surface area contributed by atoms with Crippen molar-refractivity contribution >= 4 is 27.5 Å². The molecule has 2 rings (SSSR count). The number of hydrogen-bond acceptors (Lipinski definition) is 2. The Morgan fingerprint density at radius 1 is 1.17 bits per heavy atom. The molecule has 0 saturated heterocycles. The lowest BCUT2D eigenvalue weighted by Gasteiger charge is -2.14. The highest BCUT2D eigenvalue weighted by Crippen LogP contribution is 2.20. The average molecular weight is 383 g/mol. The van der Waals surface area contributed by atoms with Crippen LogP contribution in [0.25, 0.3) is 0 Å². The maximum Gasteiger partial charge on any atom is 0.238 e. The molecule has 23 heavy (non-hydrogen) atoms. The number of benzene rings is 2. The molecule has 2 aromatic carbocycles. The van der Waals surface area contributed by atoms with Gasteiger partial charge in [0.05, 0.1) is 6.54 Å². The van der Waals surface area contributed by atoms with Gasteiger partial charge in [-0.15, -0.1) is 0 Å². The van der Waals surface area contributed by atoms with Crippen LogP contribution in [-0.4, -0.2) is 12.5 Å². The van der Waals surface area contributed by atoms with E-state index in [4.69, 9.17) is 0 Å². The Hall–Kier alpha value is -1.79. The lowest BCUT2D eigenvalue weighted by molar-refractivity contribution is -0.115. The van der Waals surface area contributed by atoms with E-state index in [-0.39, 0.29) is 18.5 Å². The summed E-state index contributed by atoms with van der Waals surface area (Å²) in [4.78, 5) is 11.9. The maximum absolute atomic E-state index is 13.2. The molecule has 0 spiro atoms. The third-order valence-corrected chi connectivity index (χ3v) is 4.34. The number of hydrogen-bond donors (Lipinski definition) is 2. The Labute approximate surface area is 142 Å². The highest BCUT2D eigenvalue weighted by atomic mass is 79.9. The Kier molecular flexibility index (Phi) is 5.85. The molecule has 0 aromatic heterocycles. The summed E-state index contributed by atoms with van der Waals surface area (Å²) in [6.45, 7) is 3.78. The van der Waals surface area contributed by atoms with Gasteiger partial charge in [-0.3, -0.25) is 4.79 Å². The van der Waals surface area contributed by atoms with E-state index in [1.807, 2.05) is 19.1 Å². The second kappa shape index (κ2) is 7.66. The van der Waals surface area contributed by atoms with E-state index < -0.39 is 11.6 Å². The van der Waals surface area contributed by atoms with Crippen LogP contribution in [0.3, 0.4) is 0 Å². The molecule has 2 N–H and O–H groups in total. The minimum Gasteiger partial charge on any atom is -0.325 e. The number of amides is 1. The van der Waals surface area contributed by atoms with Crippen LogP contribution in [0.5, 0.6) is 0 Å². The van der Waals surface area contributed by atoms with Gasteiger partial charge in [0.1, 0.15) is 0 Å². The SMILES string of the molecule is Cc1cc(NC(=O)CN[C@H](C)c2ccc(F)c(F)c2)ccc1Br. The van der Waals surface area contributed by atoms with Gasteiger partial charge in [-0.2, -0.15) is 0 Å². The van der Waals surface area contributed by atoms with E-state index >= 15 is 0 Å². The van der Waals surface area contributed by atoms with E-state index in [0.717, 1.165) is 22.2 Å². The molecular weight excluding hydrogens is 366 g/mol. The zero-order valence-corrected chi connectivity index (χ0v) is 14.4.